The third kappa shape index (κ3) is 4.77. The first-order chi connectivity index (χ1) is 15.7. The average Bonchev–Trinajstić information content (AvgIpc) is 3.11. The molecule has 1 fully saturated rings. The molecule has 3 aromatic carbocycles. The Morgan fingerprint density at radius 2 is 1.50 bits per heavy atom. The van der Waals surface area contributed by atoms with Crippen LogP contribution in [0, 0.1) is 22.7 Å². The Labute approximate surface area is 192 Å². The van der Waals surface area contributed by atoms with Crippen LogP contribution in [-0.4, -0.2) is 37.0 Å². The summed E-state index contributed by atoms with van der Waals surface area (Å²) in [6.45, 7) is 2.93. The molecule has 0 N–H and O–H groups in total. The van der Waals surface area contributed by atoms with Gasteiger partial charge in [0.2, 0.25) is 0 Å². The van der Waals surface area contributed by atoms with Crippen LogP contribution >= 0.6 is 11.8 Å². The van der Waals surface area contributed by atoms with Gasteiger partial charge in [-0.15, -0.1) is 0 Å². The Kier molecular flexibility index (Phi) is 6.75. The van der Waals surface area contributed by atoms with Gasteiger partial charge in [0.15, 0.2) is 0 Å². The van der Waals surface area contributed by atoms with Crippen molar-refractivity contribution in [3.8, 4) is 12.1 Å². The molecule has 0 spiro atoms. The van der Waals surface area contributed by atoms with Gasteiger partial charge in [0, 0.05) is 41.7 Å². The van der Waals surface area contributed by atoms with Crippen molar-refractivity contribution in [1.29, 1.82) is 10.5 Å². The highest BCUT2D eigenvalue weighted by atomic mass is 32.2. The summed E-state index contributed by atoms with van der Waals surface area (Å²) in [6, 6.07) is 27.0. The van der Waals surface area contributed by atoms with Gasteiger partial charge in [-0.3, -0.25) is 4.79 Å². The lowest BCUT2D eigenvalue weighted by atomic mass is 10.2. The molecule has 6 heteroatoms. The molecule has 4 rings (SSSR count). The molecule has 0 radical (unpaired) electrons. The quantitative estimate of drug-likeness (QED) is 0.577. The van der Waals surface area contributed by atoms with E-state index in [2.05, 4.69) is 17.0 Å². The molecule has 1 saturated heterocycles. The minimum atomic E-state index is 0.0178. The molecule has 158 valence electrons. The summed E-state index contributed by atoms with van der Waals surface area (Å²) in [5, 5.41) is 18.4. The number of hydrogen-bond acceptors (Lipinski definition) is 5. The van der Waals surface area contributed by atoms with E-state index in [0.29, 0.717) is 29.8 Å². The fourth-order valence-electron chi connectivity index (χ4n) is 3.79. The summed E-state index contributed by atoms with van der Waals surface area (Å²) < 4.78 is 0. The summed E-state index contributed by atoms with van der Waals surface area (Å²) in [5.74, 6) is 0.0178. The van der Waals surface area contributed by atoms with Crippen LogP contribution in [0.1, 0.15) is 27.9 Å². The molecule has 1 aliphatic heterocycles. The summed E-state index contributed by atoms with van der Waals surface area (Å²) >= 11 is 1.46. The first-order valence-corrected chi connectivity index (χ1v) is 11.3. The minimum Gasteiger partial charge on any atom is -0.370 e. The molecule has 0 unspecified atom stereocenters. The third-order valence-electron chi connectivity index (χ3n) is 5.49. The lowest BCUT2D eigenvalue weighted by Crippen LogP contribution is -2.35. The van der Waals surface area contributed by atoms with E-state index >= 15 is 0 Å². The summed E-state index contributed by atoms with van der Waals surface area (Å²) in [6.07, 6.45) is 0.873. The highest BCUT2D eigenvalue weighted by molar-refractivity contribution is 7.99. The maximum Gasteiger partial charge on any atom is 0.255 e. The van der Waals surface area contributed by atoms with Gasteiger partial charge in [-0.1, -0.05) is 36.0 Å². The fourth-order valence-corrected chi connectivity index (χ4v) is 4.81. The Morgan fingerprint density at radius 3 is 2.25 bits per heavy atom. The van der Waals surface area contributed by atoms with Crippen molar-refractivity contribution in [2.75, 3.05) is 31.1 Å². The first kappa shape index (κ1) is 21.5. The molecule has 0 bridgehead atoms. The second-order valence-corrected chi connectivity index (χ2v) is 8.58. The van der Waals surface area contributed by atoms with Crippen molar-refractivity contribution in [2.24, 2.45) is 0 Å². The van der Waals surface area contributed by atoms with Gasteiger partial charge in [0.25, 0.3) is 5.91 Å². The number of anilines is 1. The standard InChI is InChI=1S/C26H22N4OS/c27-18-20-10-12-22(13-11-20)29-14-5-15-30(17-16-29)26(31)23-7-2-4-9-25(23)32-24-8-3-1-6-21(24)19-28/h1-4,6-13H,5,14-17H2. The zero-order valence-corrected chi connectivity index (χ0v) is 18.4. The number of nitrogens with zero attached hydrogens (tertiary/aromatic N) is 4. The lowest BCUT2D eigenvalue weighted by Gasteiger charge is -2.24. The van der Waals surface area contributed by atoms with Crippen LogP contribution in [-0.2, 0) is 0 Å². The van der Waals surface area contributed by atoms with E-state index in [1.807, 2.05) is 71.6 Å². The van der Waals surface area contributed by atoms with Crippen LogP contribution in [0.5, 0.6) is 0 Å². The van der Waals surface area contributed by atoms with Crippen LogP contribution < -0.4 is 4.90 Å². The minimum absolute atomic E-state index is 0.0178. The van der Waals surface area contributed by atoms with Crippen molar-refractivity contribution in [2.45, 2.75) is 16.2 Å². The maximum atomic E-state index is 13.4. The fraction of sp³-hybridized carbons (Fsp3) is 0.192. The van der Waals surface area contributed by atoms with Crippen molar-refractivity contribution < 1.29 is 4.79 Å². The Bertz CT molecular complexity index is 1190. The first-order valence-electron chi connectivity index (χ1n) is 10.5. The second kappa shape index (κ2) is 10.0. The van der Waals surface area contributed by atoms with E-state index in [-0.39, 0.29) is 5.91 Å². The van der Waals surface area contributed by atoms with E-state index in [1.165, 1.54) is 11.8 Å². The van der Waals surface area contributed by atoms with Crippen molar-refractivity contribution in [3.63, 3.8) is 0 Å². The van der Waals surface area contributed by atoms with Crippen LogP contribution in [0.2, 0.25) is 0 Å². The largest absolute Gasteiger partial charge is 0.370 e. The van der Waals surface area contributed by atoms with E-state index < -0.39 is 0 Å². The summed E-state index contributed by atoms with van der Waals surface area (Å²) in [4.78, 5) is 19.3. The van der Waals surface area contributed by atoms with Gasteiger partial charge in [0.05, 0.1) is 22.8 Å². The number of benzene rings is 3. The lowest BCUT2D eigenvalue weighted by molar-refractivity contribution is 0.0763. The normalized spacial score (nSPS) is 13.7. The van der Waals surface area contributed by atoms with Gasteiger partial charge in [-0.05, 0) is 55.0 Å². The number of amides is 1. The Balaban J connectivity index is 1.50. The monoisotopic (exact) mass is 438 g/mol. The van der Waals surface area contributed by atoms with Crippen molar-refractivity contribution in [3.05, 3.63) is 89.5 Å². The summed E-state index contributed by atoms with van der Waals surface area (Å²) in [5.41, 5.74) is 2.99. The maximum absolute atomic E-state index is 13.4. The third-order valence-corrected chi connectivity index (χ3v) is 6.64. The molecular formula is C26H22N4OS. The predicted molar refractivity (Wildman–Crippen MR) is 126 cm³/mol. The Hall–Kier alpha value is -3.74. The van der Waals surface area contributed by atoms with Gasteiger partial charge in [0.1, 0.15) is 6.07 Å². The average molecular weight is 439 g/mol. The molecule has 1 aliphatic rings. The molecule has 1 heterocycles. The highest BCUT2D eigenvalue weighted by Gasteiger charge is 2.23. The van der Waals surface area contributed by atoms with Crippen molar-refractivity contribution >= 4 is 23.4 Å². The summed E-state index contributed by atoms with van der Waals surface area (Å²) in [7, 11) is 0. The van der Waals surface area contributed by atoms with Crippen molar-refractivity contribution in [1.82, 2.24) is 4.90 Å². The van der Waals surface area contributed by atoms with E-state index in [4.69, 9.17) is 5.26 Å². The highest BCUT2D eigenvalue weighted by Crippen LogP contribution is 2.33. The molecular weight excluding hydrogens is 416 g/mol. The smallest absolute Gasteiger partial charge is 0.255 e. The van der Waals surface area contributed by atoms with E-state index in [1.54, 1.807) is 6.07 Å². The second-order valence-electron chi connectivity index (χ2n) is 7.50. The zero-order valence-electron chi connectivity index (χ0n) is 17.6. The number of hydrogen-bond donors (Lipinski definition) is 0. The van der Waals surface area contributed by atoms with Crippen LogP contribution in [0.25, 0.3) is 0 Å². The number of carbonyl (C=O) groups excluding carboxylic acids is 1. The van der Waals surface area contributed by atoms with Gasteiger partial charge < -0.3 is 9.80 Å². The SMILES string of the molecule is N#Cc1ccc(N2CCCN(C(=O)c3ccccc3Sc3ccccc3C#N)CC2)cc1. The van der Waals surface area contributed by atoms with Crippen LogP contribution in [0.4, 0.5) is 5.69 Å². The predicted octanol–water partition coefficient (Wildman–Crippen LogP) is 4.93. The van der Waals surface area contributed by atoms with Gasteiger partial charge in [-0.25, -0.2) is 0 Å². The molecule has 0 aliphatic carbocycles. The van der Waals surface area contributed by atoms with Crippen LogP contribution in [0.15, 0.2) is 82.6 Å². The molecule has 5 nitrogen and oxygen atoms in total. The number of carbonyl (C=O) groups is 1. The number of nitriles is 2. The van der Waals surface area contributed by atoms with E-state index in [9.17, 15) is 10.1 Å². The molecule has 1 amide bonds. The van der Waals surface area contributed by atoms with Gasteiger partial charge >= 0.3 is 0 Å². The molecule has 0 saturated carbocycles. The number of rotatable bonds is 4. The molecule has 0 atom stereocenters. The zero-order chi connectivity index (χ0) is 22.3. The van der Waals surface area contributed by atoms with E-state index in [0.717, 1.165) is 35.0 Å². The molecule has 0 aromatic heterocycles. The van der Waals surface area contributed by atoms with Crippen LogP contribution in [0.3, 0.4) is 0 Å². The molecule has 32 heavy (non-hydrogen) atoms. The topological polar surface area (TPSA) is 71.1 Å². The molecule has 3 aromatic rings. The Morgan fingerprint density at radius 1 is 0.781 bits per heavy atom. The van der Waals surface area contributed by atoms with Gasteiger partial charge in [-0.2, -0.15) is 10.5 Å².